The lowest BCUT2D eigenvalue weighted by Crippen LogP contribution is -2.34. The highest BCUT2D eigenvalue weighted by molar-refractivity contribution is 7.22. The molecule has 0 aliphatic heterocycles. The molecule has 0 atom stereocenters. The number of aromatic nitrogens is 1. The third-order valence-corrected chi connectivity index (χ3v) is 3.33. The van der Waals surface area contributed by atoms with E-state index in [4.69, 9.17) is 0 Å². The third-order valence-electron chi connectivity index (χ3n) is 2.34. The quantitative estimate of drug-likeness (QED) is 0.857. The normalized spacial score (nSPS) is 12.3. The summed E-state index contributed by atoms with van der Waals surface area (Å²) in [4.78, 5) is 4.07. The summed E-state index contributed by atoms with van der Waals surface area (Å²) < 4.78 is 50.2. The van der Waals surface area contributed by atoms with E-state index in [0.29, 0.717) is 5.52 Å². The van der Waals surface area contributed by atoms with Gasteiger partial charge in [0.05, 0.1) is 16.8 Å². The van der Waals surface area contributed by atoms with Gasteiger partial charge in [-0.2, -0.15) is 8.78 Å². The maximum Gasteiger partial charge on any atom is 0.324 e. The van der Waals surface area contributed by atoms with Crippen LogP contribution in [0.2, 0.25) is 0 Å². The van der Waals surface area contributed by atoms with Crippen molar-refractivity contribution < 1.29 is 17.6 Å². The zero-order valence-electron chi connectivity index (χ0n) is 9.38. The fourth-order valence-corrected chi connectivity index (χ4v) is 2.23. The molecule has 1 N–H and O–H groups in total. The molecule has 0 fully saturated rings. The number of nitrogens with zero attached hydrogens (tertiary/aromatic N) is 1. The fraction of sp³-hybridized carbons (Fsp3) is 0.364. The minimum atomic E-state index is -4.05. The van der Waals surface area contributed by atoms with E-state index in [0.717, 1.165) is 21.6 Å². The first-order valence-corrected chi connectivity index (χ1v) is 5.97. The minimum absolute atomic E-state index is 0.218. The van der Waals surface area contributed by atoms with Gasteiger partial charge in [-0.25, -0.2) is 13.8 Å². The van der Waals surface area contributed by atoms with E-state index in [9.17, 15) is 17.6 Å². The zero-order valence-corrected chi connectivity index (χ0v) is 10.2. The van der Waals surface area contributed by atoms with Crippen LogP contribution < -0.4 is 5.32 Å². The minimum Gasteiger partial charge on any atom is -0.355 e. The summed E-state index contributed by atoms with van der Waals surface area (Å²) in [6.07, 6.45) is -3.68. The van der Waals surface area contributed by atoms with Crippen molar-refractivity contribution in [3.8, 4) is 0 Å². The van der Waals surface area contributed by atoms with Crippen LogP contribution in [0.3, 0.4) is 0 Å². The highest BCUT2D eigenvalue weighted by Gasteiger charge is 2.40. The van der Waals surface area contributed by atoms with Crippen molar-refractivity contribution >= 4 is 26.7 Å². The van der Waals surface area contributed by atoms with Crippen LogP contribution in [0.15, 0.2) is 18.2 Å². The molecule has 0 aliphatic rings. The maximum atomic E-state index is 12.7. The van der Waals surface area contributed by atoms with Gasteiger partial charge >= 0.3 is 12.3 Å². The van der Waals surface area contributed by atoms with Gasteiger partial charge in [-0.15, -0.1) is 0 Å². The van der Waals surface area contributed by atoms with E-state index in [1.807, 2.05) is 25.1 Å². The molecule has 1 aromatic heterocycles. The monoisotopic (exact) mass is 278 g/mol. The van der Waals surface area contributed by atoms with Crippen LogP contribution in [-0.2, 0) is 0 Å². The molecule has 2 aromatic rings. The van der Waals surface area contributed by atoms with Crippen LogP contribution in [-0.4, -0.2) is 23.9 Å². The van der Waals surface area contributed by atoms with Crippen molar-refractivity contribution in [2.75, 3.05) is 11.9 Å². The zero-order chi connectivity index (χ0) is 13.3. The Hall–Kier alpha value is -1.37. The topological polar surface area (TPSA) is 24.9 Å². The summed E-state index contributed by atoms with van der Waals surface area (Å²) in [7, 11) is 0. The molecule has 18 heavy (non-hydrogen) atoms. The van der Waals surface area contributed by atoms with Gasteiger partial charge in [-0.05, 0) is 24.6 Å². The average Bonchev–Trinajstić information content (AvgIpc) is 2.68. The van der Waals surface area contributed by atoms with Crippen molar-refractivity contribution in [3.05, 3.63) is 23.8 Å². The van der Waals surface area contributed by atoms with Crippen LogP contribution in [0.1, 0.15) is 5.56 Å². The molecule has 98 valence electrons. The van der Waals surface area contributed by atoms with Gasteiger partial charge in [-0.1, -0.05) is 17.4 Å². The van der Waals surface area contributed by atoms with Gasteiger partial charge in [0.1, 0.15) is 0 Å². The van der Waals surface area contributed by atoms with Gasteiger partial charge in [-0.3, -0.25) is 0 Å². The van der Waals surface area contributed by atoms with E-state index in [1.165, 1.54) is 0 Å². The van der Waals surface area contributed by atoms with Crippen molar-refractivity contribution in [3.63, 3.8) is 0 Å². The Morgan fingerprint density at radius 2 is 2.11 bits per heavy atom. The molecule has 7 heteroatoms. The third kappa shape index (κ3) is 2.72. The van der Waals surface area contributed by atoms with Crippen molar-refractivity contribution in [2.45, 2.75) is 19.3 Å². The number of fused-ring (bicyclic) bond motifs is 1. The van der Waals surface area contributed by atoms with Crippen LogP contribution in [0, 0.1) is 6.92 Å². The predicted molar refractivity (Wildman–Crippen MR) is 63.8 cm³/mol. The molecule has 0 saturated carbocycles. The van der Waals surface area contributed by atoms with Crippen LogP contribution in [0.5, 0.6) is 0 Å². The van der Waals surface area contributed by atoms with E-state index >= 15 is 0 Å². The summed E-state index contributed by atoms with van der Waals surface area (Å²) in [5.41, 5.74) is 1.67. The molecule has 0 bridgehead atoms. The average molecular weight is 278 g/mol. The van der Waals surface area contributed by atoms with E-state index in [-0.39, 0.29) is 5.13 Å². The number of hydrogen-bond donors (Lipinski definition) is 1. The second-order valence-electron chi connectivity index (χ2n) is 3.91. The first kappa shape index (κ1) is 13.1. The summed E-state index contributed by atoms with van der Waals surface area (Å²) >= 11 is 1.16. The van der Waals surface area contributed by atoms with Gasteiger partial charge in [0, 0.05) is 0 Å². The second kappa shape index (κ2) is 4.72. The van der Waals surface area contributed by atoms with Crippen LogP contribution in [0.4, 0.5) is 22.7 Å². The molecule has 0 amide bonds. The summed E-state index contributed by atoms with van der Waals surface area (Å²) in [5, 5.41) is 2.47. The molecule has 0 unspecified atom stereocenters. The van der Waals surface area contributed by atoms with Crippen molar-refractivity contribution in [2.24, 2.45) is 0 Å². The fourth-order valence-electron chi connectivity index (χ4n) is 1.38. The molecule has 1 aromatic carbocycles. The van der Waals surface area contributed by atoms with Gasteiger partial charge in [0.15, 0.2) is 5.13 Å². The first-order chi connectivity index (χ1) is 8.38. The summed E-state index contributed by atoms with van der Waals surface area (Å²) in [6, 6.07) is 5.50. The van der Waals surface area contributed by atoms with Gasteiger partial charge < -0.3 is 5.32 Å². The lowest BCUT2D eigenvalue weighted by Gasteiger charge is -2.14. The molecule has 0 aliphatic carbocycles. The Morgan fingerprint density at radius 3 is 2.78 bits per heavy atom. The van der Waals surface area contributed by atoms with Gasteiger partial charge in [0.2, 0.25) is 0 Å². The standard InChI is InChI=1S/C11H10F4N2S/c1-6-2-3-8-7(4-6)17-10(18-8)16-5-11(14,15)9(12)13/h2-4,9H,5H2,1H3,(H,16,17). The predicted octanol–water partition coefficient (Wildman–Crippen LogP) is 3.92. The first-order valence-electron chi connectivity index (χ1n) is 5.15. The Labute approximate surface area is 105 Å². The number of thiazole rings is 1. The Morgan fingerprint density at radius 1 is 1.39 bits per heavy atom. The van der Waals surface area contributed by atoms with Crippen molar-refractivity contribution in [1.29, 1.82) is 0 Å². The molecule has 2 rings (SSSR count). The SMILES string of the molecule is Cc1ccc2sc(NCC(F)(F)C(F)F)nc2c1. The van der Waals surface area contributed by atoms with Gasteiger partial charge in [0.25, 0.3) is 0 Å². The molecule has 0 radical (unpaired) electrons. The maximum absolute atomic E-state index is 12.7. The molecular formula is C11H10F4N2S. The Bertz CT molecular complexity index is 553. The highest BCUT2D eigenvalue weighted by Crippen LogP contribution is 2.28. The molecular weight excluding hydrogens is 268 g/mol. The van der Waals surface area contributed by atoms with Crippen LogP contribution in [0.25, 0.3) is 10.2 Å². The molecule has 1 heterocycles. The number of halogens is 4. The highest BCUT2D eigenvalue weighted by atomic mass is 32.1. The molecule has 0 saturated heterocycles. The molecule has 0 spiro atoms. The van der Waals surface area contributed by atoms with Crippen molar-refractivity contribution in [1.82, 2.24) is 4.98 Å². The number of aryl methyl sites for hydroxylation is 1. The lowest BCUT2D eigenvalue weighted by molar-refractivity contribution is -0.117. The summed E-state index contributed by atoms with van der Waals surface area (Å²) in [5.74, 6) is -4.05. The van der Waals surface area contributed by atoms with Crippen LogP contribution >= 0.6 is 11.3 Å². The smallest absolute Gasteiger partial charge is 0.324 e. The summed E-state index contributed by atoms with van der Waals surface area (Å²) in [6.45, 7) is 0.764. The number of alkyl halides is 4. The number of rotatable bonds is 4. The van der Waals surface area contributed by atoms with E-state index in [1.54, 1.807) is 0 Å². The number of benzene rings is 1. The molecule has 2 nitrogen and oxygen atoms in total. The lowest BCUT2D eigenvalue weighted by atomic mass is 10.2. The van der Waals surface area contributed by atoms with E-state index < -0.39 is 18.9 Å². The van der Waals surface area contributed by atoms with E-state index in [2.05, 4.69) is 10.3 Å². The Balaban J connectivity index is 2.13. The number of nitrogens with one attached hydrogen (secondary N) is 1. The largest absolute Gasteiger partial charge is 0.355 e. The number of hydrogen-bond acceptors (Lipinski definition) is 3. The Kier molecular flexibility index (Phi) is 3.43. The number of anilines is 1. The second-order valence-corrected chi connectivity index (χ2v) is 4.94.